The number of piperazine rings is 1. The molecule has 1 heterocycles. The molecule has 1 saturated heterocycles. The van der Waals surface area contributed by atoms with Gasteiger partial charge in [0.2, 0.25) is 0 Å². The minimum Gasteiger partial charge on any atom is -0.386 e. The Morgan fingerprint density at radius 3 is 2.46 bits per heavy atom. The van der Waals surface area contributed by atoms with Crippen molar-refractivity contribution in [2.75, 3.05) is 31.1 Å². The van der Waals surface area contributed by atoms with Crippen LogP contribution in [-0.4, -0.2) is 37.0 Å². The Labute approximate surface area is 168 Å². The number of anilines is 1. The van der Waals surface area contributed by atoms with Gasteiger partial charge >= 0.3 is 0 Å². The molecule has 0 radical (unpaired) electrons. The van der Waals surface area contributed by atoms with Crippen molar-refractivity contribution in [3.63, 3.8) is 0 Å². The van der Waals surface area contributed by atoms with Crippen molar-refractivity contribution in [1.82, 2.24) is 10.2 Å². The summed E-state index contributed by atoms with van der Waals surface area (Å²) in [7, 11) is 0. The second kappa shape index (κ2) is 9.25. The van der Waals surface area contributed by atoms with E-state index in [0.29, 0.717) is 37.7 Å². The van der Waals surface area contributed by atoms with E-state index in [1.807, 2.05) is 24.3 Å². The molecule has 2 aromatic carbocycles. The Morgan fingerprint density at radius 1 is 1.14 bits per heavy atom. The highest BCUT2D eigenvalue weighted by atomic mass is 35.5. The number of halogens is 2. The fourth-order valence-electron chi connectivity index (χ4n) is 3.04. The van der Waals surface area contributed by atoms with Crippen molar-refractivity contribution < 1.29 is 9.18 Å². The van der Waals surface area contributed by atoms with E-state index in [9.17, 15) is 14.4 Å². The van der Waals surface area contributed by atoms with Crippen LogP contribution < -0.4 is 10.2 Å². The predicted molar refractivity (Wildman–Crippen MR) is 107 cm³/mol. The highest BCUT2D eigenvalue weighted by Gasteiger charge is 2.23. The zero-order valence-electron chi connectivity index (χ0n) is 15.2. The third-order valence-electron chi connectivity index (χ3n) is 4.61. The van der Waals surface area contributed by atoms with Crippen molar-refractivity contribution in [1.29, 1.82) is 5.26 Å². The smallest absolute Gasteiger partial charge is 0.266 e. The van der Waals surface area contributed by atoms with E-state index in [-0.39, 0.29) is 17.3 Å². The second-order valence-electron chi connectivity index (χ2n) is 6.40. The summed E-state index contributed by atoms with van der Waals surface area (Å²) in [6.07, 6.45) is 1.44. The van der Waals surface area contributed by atoms with Gasteiger partial charge in [-0.3, -0.25) is 4.79 Å². The average Bonchev–Trinajstić information content (AvgIpc) is 2.73. The molecule has 144 valence electrons. The van der Waals surface area contributed by atoms with E-state index in [1.54, 1.807) is 23.1 Å². The average molecular weight is 399 g/mol. The van der Waals surface area contributed by atoms with Crippen LogP contribution in [0.4, 0.5) is 10.1 Å². The predicted octanol–water partition coefficient (Wildman–Crippen LogP) is 3.32. The van der Waals surface area contributed by atoms with E-state index in [2.05, 4.69) is 10.2 Å². The van der Waals surface area contributed by atoms with E-state index in [1.165, 1.54) is 18.3 Å². The summed E-state index contributed by atoms with van der Waals surface area (Å²) in [6, 6.07) is 15.7. The molecule has 0 bridgehead atoms. The van der Waals surface area contributed by atoms with Crippen molar-refractivity contribution in [2.24, 2.45) is 0 Å². The van der Waals surface area contributed by atoms with Crippen molar-refractivity contribution in [3.05, 3.63) is 76.7 Å². The molecule has 1 fully saturated rings. The number of carbonyl (C=O) groups excluding carboxylic acids is 1. The molecule has 0 spiro atoms. The maximum atomic E-state index is 13.1. The van der Waals surface area contributed by atoms with Crippen molar-refractivity contribution >= 4 is 23.2 Å². The first-order valence-corrected chi connectivity index (χ1v) is 9.33. The highest BCUT2D eigenvalue weighted by molar-refractivity contribution is 6.31. The van der Waals surface area contributed by atoms with Gasteiger partial charge in [-0.25, -0.2) is 4.39 Å². The molecular weight excluding hydrogens is 379 g/mol. The number of nitrogens with zero attached hydrogens (tertiary/aromatic N) is 3. The zero-order valence-corrected chi connectivity index (χ0v) is 16.0. The molecule has 0 atom stereocenters. The van der Waals surface area contributed by atoms with Gasteiger partial charge in [-0.2, -0.15) is 5.26 Å². The van der Waals surface area contributed by atoms with E-state index >= 15 is 0 Å². The third-order valence-corrected chi connectivity index (χ3v) is 4.97. The molecule has 1 amide bonds. The second-order valence-corrected chi connectivity index (χ2v) is 6.80. The minimum absolute atomic E-state index is 0.0577. The maximum Gasteiger partial charge on any atom is 0.266 e. The first-order chi connectivity index (χ1) is 13.6. The van der Waals surface area contributed by atoms with Crippen molar-refractivity contribution in [3.8, 4) is 6.07 Å². The molecule has 7 heteroatoms. The SMILES string of the molecule is N#C/C(=C/NCc1ccccc1Cl)C(=O)N1CCN(c2ccc(F)cc2)CC1. The van der Waals surface area contributed by atoms with Crippen LogP contribution in [0.5, 0.6) is 0 Å². The molecule has 2 aromatic rings. The number of nitrogens with one attached hydrogen (secondary N) is 1. The molecule has 1 aliphatic rings. The van der Waals surface area contributed by atoms with Crippen LogP contribution in [0.15, 0.2) is 60.3 Å². The van der Waals surface area contributed by atoms with Crippen LogP contribution in [-0.2, 0) is 11.3 Å². The minimum atomic E-state index is -0.298. The molecular formula is C21H20ClFN4O. The van der Waals surface area contributed by atoms with Gasteiger partial charge < -0.3 is 15.1 Å². The Morgan fingerprint density at radius 2 is 1.82 bits per heavy atom. The van der Waals surface area contributed by atoms with E-state index in [0.717, 1.165) is 11.3 Å². The van der Waals surface area contributed by atoms with Gasteiger partial charge in [0.05, 0.1) is 0 Å². The lowest BCUT2D eigenvalue weighted by Crippen LogP contribution is -2.49. The molecule has 0 aromatic heterocycles. The fourth-order valence-corrected chi connectivity index (χ4v) is 3.24. The Kier molecular flexibility index (Phi) is 6.51. The zero-order chi connectivity index (χ0) is 19.9. The molecule has 1 aliphatic heterocycles. The Hall–Kier alpha value is -3.04. The van der Waals surface area contributed by atoms with Crippen molar-refractivity contribution in [2.45, 2.75) is 6.54 Å². The number of amides is 1. The molecule has 3 rings (SSSR count). The number of rotatable bonds is 5. The first-order valence-electron chi connectivity index (χ1n) is 8.95. The topological polar surface area (TPSA) is 59.4 Å². The van der Waals surface area contributed by atoms with E-state index < -0.39 is 0 Å². The first kappa shape index (κ1) is 19.7. The molecule has 28 heavy (non-hydrogen) atoms. The summed E-state index contributed by atoms with van der Waals surface area (Å²) in [5.74, 6) is -0.571. The molecule has 0 saturated carbocycles. The summed E-state index contributed by atoms with van der Waals surface area (Å²) in [5, 5.41) is 13.0. The van der Waals surface area contributed by atoms with Crippen LogP contribution in [0.25, 0.3) is 0 Å². The summed E-state index contributed by atoms with van der Waals surface area (Å²) in [4.78, 5) is 16.4. The van der Waals surface area contributed by atoms with Gasteiger partial charge in [-0.15, -0.1) is 0 Å². The monoisotopic (exact) mass is 398 g/mol. The lowest BCUT2D eigenvalue weighted by Gasteiger charge is -2.36. The van der Waals surface area contributed by atoms with Gasteiger partial charge in [0.1, 0.15) is 17.5 Å². The van der Waals surface area contributed by atoms with Gasteiger partial charge in [-0.1, -0.05) is 29.8 Å². The largest absolute Gasteiger partial charge is 0.386 e. The summed E-state index contributed by atoms with van der Waals surface area (Å²) >= 11 is 6.10. The van der Waals surface area contributed by atoms with Gasteiger partial charge in [0.15, 0.2) is 0 Å². The third kappa shape index (κ3) is 4.81. The van der Waals surface area contributed by atoms with Crippen LogP contribution in [0.3, 0.4) is 0 Å². The van der Waals surface area contributed by atoms with Gasteiger partial charge in [0.25, 0.3) is 5.91 Å². The molecule has 0 aliphatic carbocycles. The van der Waals surface area contributed by atoms with E-state index in [4.69, 9.17) is 11.6 Å². The number of benzene rings is 2. The number of hydrogen-bond donors (Lipinski definition) is 1. The quantitative estimate of drug-likeness (QED) is 0.620. The normalized spacial score (nSPS) is 14.5. The maximum absolute atomic E-state index is 13.1. The highest BCUT2D eigenvalue weighted by Crippen LogP contribution is 2.18. The number of nitriles is 1. The number of carbonyl (C=O) groups is 1. The lowest BCUT2D eigenvalue weighted by atomic mass is 10.2. The molecule has 0 unspecified atom stereocenters. The summed E-state index contributed by atoms with van der Waals surface area (Å²) in [6.45, 7) is 2.68. The van der Waals surface area contributed by atoms with Crippen LogP contribution in [0, 0.1) is 17.1 Å². The summed E-state index contributed by atoms with van der Waals surface area (Å²) < 4.78 is 13.1. The lowest BCUT2D eigenvalue weighted by molar-refractivity contribution is -0.127. The van der Waals surface area contributed by atoms with Crippen LogP contribution in [0.2, 0.25) is 5.02 Å². The van der Waals surface area contributed by atoms with Crippen LogP contribution >= 0.6 is 11.6 Å². The van der Waals surface area contributed by atoms with Gasteiger partial charge in [0, 0.05) is 49.6 Å². The molecule has 5 nitrogen and oxygen atoms in total. The fraction of sp³-hybridized carbons (Fsp3) is 0.238. The Bertz CT molecular complexity index is 899. The van der Waals surface area contributed by atoms with Crippen LogP contribution in [0.1, 0.15) is 5.56 Å². The Balaban J connectivity index is 1.56. The van der Waals surface area contributed by atoms with Gasteiger partial charge in [-0.05, 0) is 35.9 Å². The standard InChI is InChI=1S/C21H20ClFN4O/c22-20-4-2-1-3-16(20)14-25-15-17(13-24)21(28)27-11-9-26(10-12-27)19-7-5-18(23)6-8-19/h1-8,15,25H,9-12,14H2/b17-15-. The summed E-state index contributed by atoms with van der Waals surface area (Å²) in [5.41, 5.74) is 1.87. The molecule has 1 N–H and O–H groups in total. The number of hydrogen-bond acceptors (Lipinski definition) is 4.